The van der Waals surface area contributed by atoms with Gasteiger partial charge in [0.15, 0.2) is 6.17 Å². The van der Waals surface area contributed by atoms with Crippen LogP contribution in [0.2, 0.25) is 0 Å². The molecule has 2 fully saturated rings. The molecule has 3 atom stereocenters. The molecule has 11 heteroatoms. The number of carboxylic acids is 1. The molecule has 1 saturated heterocycles. The molecule has 3 aromatic carbocycles. The Morgan fingerprint density at radius 2 is 1.53 bits per heavy atom. The second-order valence-corrected chi connectivity index (χ2v) is 11.4. The van der Waals surface area contributed by atoms with E-state index in [2.05, 4.69) is 10.6 Å². The third kappa shape index (κ3) is 7.42. The highest BCUT2D eigenvalue weighted by molar-refractivity contribution is 5.97. The van der Waals surface area contributed by atoms with Crippen LogP contribution < -0.4 is 15.4 Å². The van der Waals surface area contributed by atoms with Crippen LogP contribution in [0.4, 0.5) is 14.9 Å². The lowest BCUT2D eigenvalue weighted by molar-refractivity contribution is -0.144. The van der Waals surface area contributed by atoms with Gasteiger partial charge in [0.1, 0.15) is 11.6 Å². The minimum Gasteiger partial charge on any atom is -0.497 e. The van der Waals surface area contributed by atoms with Crippen LogP contribution in [0.1, 0.15) is 55.2 Å². The first-order chi connectivity index (χ1) is 21.7. The summed E-state index contributed by atoms with van der Waals surface area (Å²) < 4.78 is 18.8. The average Bonchev–Trinajstić information content (AvgIpc) is 3.73. The molecule has 1 saturated carbocycles. The first-order valence-corrected chi connectivity index (χ1v) is 15.1. The van der Waals surface area contributed by atoms with Crippen molar-refractivity contribution in [3.05, 3.63) is 95.8 Å². The molecule has 5 rings (SSSR count). The van der Waals surface area contributed by atoms with Gasteiger partial charge in [0.05, 0.1) is 25.5 Å². The number of nitrogens with zero attached hydrogens (tertiary/aromatic N) is 2. The third-order valence-corrected chi connectivity index (χ3v) is 8.56. The van der Waals surface area contributed by atoms with Crippen molar-refractivity contribution in [2.24, 2.45) is 5.92 Å². The number of rotatable bonds is 10. The zero-order valence-electron chi connectivity index (χ0n) is 25.0. The quantitative estimate of drug-likeness (QED) is 0.289. The van der Waals surface area contributed by atoms with Gasteiger partial charge in [0.25, 0.3) is 5.91 Å². The van der Waals surface area contributed by atoms with Crippen LogP contribution in [0.25, 0.3) is 0 Å². The number of carbonyl (C=O) groups is 4. The lowest BCUT2D eigenvalue weighted by Crippen LogP contribution is -2.56. The summed E-state index contributed by atoms with van der Waals surface area (Å²) in [6.07, 6.45) is 1.95. The van der Waals surface area contributed by atoms with E-state index in [0.717, 1.165) is 31.2 Å². The molecule has 4 amide bonds. The van der Waals surface area contributed by atoms with E-state index in [4.69, 9.17) is 4.74 Å². The summed E-state index contributed by atoms with van der Waals surface area (Å²) in [5, 5.41) is 15.2. The van der Waals surface area contributed by atoms with E-state index >= 15 is 0 Å². The number of hydrogen-bond donors (Lipinski definition) is 3. The molecule has 3 aromatic rings. The summed E-state index contributed by atoms with van der Waals surface area (Å²) in [5.41, 5.74) is 1.70. The number of carboxylic acid groups (broad SMARTS) is 1. The van der Waals surface area contributed by atoms with Crippen molar-refractivity contribution in [3.63, 3.8) is 0 Å². The predicted molar refractivity (Wildman–Crippen MR) is 165 cm³/mol. The number of hydrogen-bond acceptors (Lipinski definition) is 5. The van der Waals surface area contributed by atoms with Gasteiger partial charge in [-0.3, -0.25) is 19.3 Å². The molecule has 2 aliphatic rings. The minimum absolute atomic E-state index is 0.0815. The molecule has 0 spiro atoms. The van der Waals surface area contributed by atoms with Crippen molar-refractivity contribution in [1.29, 1.82) is 0 Å². The highest BCUT2D eigenvalue weighted by Gasteiger charge is 2.46. The van der Waals surface area contributed by atoms with Crippen LogP contribution in [0.15, 0.2) is 78.9 Å². The average molecular weight is 617 g/mol. The zero-order valence-corrected chi connectivity index (χ0v) is 25.0. The minimum atomic E-state index is -1.35. The van der Waals surface area contributed by atoms with Crippen molar-refractivity contribution in [2.45, 2.75) is 50.2 Å². The fourth-order valence-electron chi connectivity index (χ4n) is 6.34. The number of amides is 4. The summed E-state index contributed by atoms with van der Waals surface area (Å²) in [6.45, 7) is 0.196. The Morgan fingerprint density at radius 3 is 2.16 bits per heavy atom. The van der Waals surface area contributed by atoms with E-state index in [1.165, 1.54) is 41.2 Å². The Bertz CT molecular complexity index is 1500. The number of aliphatic carboxylic acids is 1. The van der Waals surface area contributed by atoms with E-state index in [9.17, 15) is 28.7 Å². The topological polar surface area (TPSA) is 128 Å². The van der Waals surface area contributed by atoms with Crippen molar-refractivity contribution in [2.75, 3.05) is 25.5 Å². The predicted octanol–water partition coefficient (Wildman–Crippen LogP) is 5.14. The molecule has 1 aliphatic carbocycles. The lowest BCUT2D eigenvalue weighted by atomic mass is 9.83. The normalized spacial score (nSPS) is 17.9. The van der Waals surface area contributed by atoms with E-state index in [1.807, 2.05) is 30.3 Å². The number of ether oxygens (including phenoxy) is 1. The van der Waals surface area contributed by atoms with Crippen LogP contribution in [-0.4, -0.2) is 65.1 Å². The van der Waals surface area contributed by atoms with Gasteiger partial charge in [-0.2, -0.15) is 0 Å². The Hall–Kier alpha value is -4.93. The monoisotopic (exact) mass is 616 g/mol. The van der Waals surface area contributed by atoms with E-state index in [1.54, 1.807) is 24.3 Å². The summed E-state index contributed by atoms with van der Waals surface area (Å²) in [6, 6.07) is 19.7. The third-order valence-electron chi connectivity index (χ3n) is 8.56. The fraction of sp³-hybridized carbons (Fsp3) is 0.353. The zero-order chi connectivity index (χ0) is 31.9. The first kappa shape index (κ1) is 31.5. The Kier molecular flexibility index (Phi) is 9.96. The maximum absolute atomic E-state index is 14.5. The molecule has 3 unspecified atom stereocenters. The standard InChI is InChI=1S/C34H37FN4O6/c1-45-27-17-15-26(16-18-27)36-34(44)39-20-19-38(33(43)30(24-9-5-6-10-24)23-7-3-2-4-8-23)32(39)31(42)37-28(21-29(40)41)22-11-13-25(35)14-12-22/h2-4,7-8,11-18,24,28,30,32H,5-6,9-10,19-21H2,1H3,(H,36,44)(H,37,42)(H,40,41). The fourth-order valence-corrected chi connectivity index (χ4v) is 6.34. The number of anilines is 1. The molecule has 0 bridgehead atoms. The molecule has 3 N–H and O–H groups in total. The van der Waals surface area contributed by atoms with Gasteiger partial charge in [0, 0.05) is 18.8 Å². The van der Waals surface area contributed by atoms with Crippen molar-refractivity contribution >= 4 is 29.5 Å². The summed E-state index contributed by atoms with van der Waals surface area (Å²) in [7, 11) is 1.53. The number of methoxy groups -OCH3 is 1. The summed E-state index contributed by atoms with van der Waals surface area (Å²) >= 11 is 0. The van der Waals surface area contributed by atoms with Crippen LogP contribution in [0, 0.1) is 11.7 Å². The van der Waals surface area contributed by atoms with Crippen LogP contribution in [-0.2, 0) is 14.4 Å². The SMILES string of the molecule is COc1ccc(NC(=O)N2CCN(C(=O)C(c3ccccc3)C3CCCC3)C2C(=O)NC(CC(=O)O)c2ccc(F)cc2)cc1. The molecule has 1 heterocycles. The van der Waals surface area contributed by atoms with Crippen molar-refractivity contribution in [1.82, 2.24) is 15.1 Å². The van der Waals surface area contributed by atoms with Crippen molar-refractivity contribution < 1.29 is 33.4 Å². The van der Waals surface area contributed by atoms with E-state index in [0.29, 0.717) is 17.0 Å². The van der Waals surface area contributed by atoms with Crippen LogP contribution in [0.5, 0.6) is 5.75 Å². The van der Waals surface area contributed by atoms with Gasteiger partial charge in [-0.1, -0.05) is 55.3 Å². The largest absolute Gasteiger partial charge is 0.497 e. The molecule has 236 valence electrons. The molecule has 45 heavy (non-hydrogen) atoms. The van der Waals surface area contributed by atoms with Gasteiger partial charge in [-0.15, -0.1) is 0 Å². The Morgan fingerprint density at radius 1 is 0.889 bits per heavy atom. The molecule has 1 aliphatic heterocycles. The summed E-state index contributed by atoms with van der Waals surface area (Å²) in [5.74, 6) is -2.46. The first-order valence-electron chi connectivity index (χ1n) is 15.1. The van der Waals surface area contributed by atoms with Crippen LogP contribution >= 0.6 is 0 Å². The number of benzene rings is 3. The smallest absolute Gasteiger partial charge is 0.323 e. The highest BCUT2D eigenvalue weighted by Crippen LogP contribution is 2.39. The number of carbonyl (C=O) groups excluding carboxylic acids is 3. The van der Waals surface area contributed by atoms with E-state index < -0.39 is 48.3 Å². The molecule has 10 nitrogen and oxygen atoms in total. The lowest BCUT2D eigenvalue weighted by Gasteiger charge is -2.34. The van der Waals surface area contributed by atoms with Gasteiger partial charge >= 0.3 is 12.0 Å². The van der Waals surface area contributed by atoms with Gasteiger partial charge in [-0.25, -0.2) is 9.18 Å². The number of urea groups is 1. The number of nitrogens with one attached hydrogen (secondary N) is 2. The maximum atomic E-state index is 14.5. The van der Waals surface area contributed by atoms with Crippen molar-refractivity contribution in [3.8, 4) is 5.75 Å². The second kappa shape index (κ2) is 14.2. The Labute approximate surface area is 261 Å². The number of halogens is 1. The second-order valence-electron chi connectivity index (χ2n) is 11.4. The van der Waals surface area contributed by atoms with Gasteiger partial charge in [-0.05, 0) is 66.3 Å². The van der Waals surface area contributed by atoms with Gasteiger partial charge in [0.2, 0.25) is 5.91 Å². The maximum Gasteiger partial charge on any atom is 0.323 e. The Balaban J connectivity index is 1.47. The molecular formula is C34H37FN4O6. The molecule has 0 radical (unpaired) electrons. The molecule has 0 aromatic heterocycles. The summed E-state index contributed by atoms with van der Waals surface area (Å²) in [4.78, 5) is 56.7. The van der Waals surface area contributed by atoms with Gasteiger partial charge < -0.3 is 25.4 Å². The van der Waals surface area contributed by atoms with Crippen LogP contribution in [0.3, 0.4) is 0 Å². The molecular weight excluding hydrogens is 579 g/mol. The highest BCUT2D eigenvalue weighted by atomic mass is 19.1. The van der Waals surface area contributed by atoms with E-state index in [-0.39, 0.29) is 24.9 Å².